The lowest BCUT2D eigenvalue weighted by Gasteiger charge is -2.00. The summed E-state index contributed by atoms with van der Waals surface area (Å²) in [5.41, 5.74) is 5.77. The predicted molar refractivity (Wildman–Crippen MR) is 53.8 cm³/mol. The van der Waals surface area contributed by atoms with E-state index in [1.807, 2.05) is 0 Å². The molecule has 1 rings (SSSR count). The third-order valence-electron chi connectivity index (χ3n) is 1.67. The maximum Gasteiger partial charge on any atom is 0.159 e. The predicted octanol–water partition coefficient (Wildman–Crippen LogP) is 2.26. The summed E-state index contributed by atoms with van der Waals surface area (Å²) in [4.78, 5) is 0. The molecule has 0 spiro atoms. The van der Waals surface area contributed by atoms with Crippen LogP contribution in [-0.4, -0.2) is 5.84 Å². The number of aryl methyl sites for hydroxylation is 1. The Labute approximate surface area is 87.0 Å². The molecule has 0 aliphatic heterocycles. The number of halogens is 3. The summed E-state index contributed by atoms with van der Waals surface area (Å²) in [6, 6.07) is 3.68. The molecule has 1 aromatic rings. The van der Waals surface area contributed by atoms with E-state index in [-0.39, 0.29) is 18.2 Å². The number of benzene rings is 1. The van der Waals surface area contributed by atoms with Gasteiger partial charge >= 0.3 is 0 Å². The average molecular weight is 221 g/mol. The lowest BCUT2D eigenvalue weighted by atomic mass is 10.1. The molecular weight excluding hydrogens is 210 g/mol. The Morgan fingerprint density at radius 2 is 1.93 bits per heavy atom. The second-order valence-corrected chi connectivity index (χ2v) is 2.77. The normalized spacial score (nSPS) is 9.29. The van der Waals surface area contributed by atoms with Gasteiger partial charge in [0.15, 0.2) is 11.6 Å². The molecule has 0 unspecified atom stereocenters. The van der Waals surface area contributed by atoms with Gasteiger partial charge in [0.2, 0.25) is 0 Å². The van der Waals surface area contributed by atoms with E-state index in [1.54, 1.807) is 0 Å². The first-order valence-corrected chi connectivity index (χ1v) is 3.86. The molecule has 0 aromatic heterocycles. The van der Waals surface area contributed by atoms with Gasteiger partial charge in [-0.1, -0.05) is 6.07 Å². The molecule has 0 aliphatic carbocycles. The molecule has 0 saturated carbocycles. The number of rotatable bonds is 3. The Morgan fingerprint density at radius 3 is 2.43 bits per heavy atom. The van der Waals surface area contributed by atoms with Gasteiger partial charge in [0.1, 0.15) is 0 Å². The molecule has 0 saturated heterocycles. The molecule has 14 heavy (non-hydrogen) atoms. The number of nitrogens with one attached hydrogen (secondary N) is 1. The fraction of sp³-hybridized carbons (Fsp3) is 0.222. The van der Waals surface area contributed by atoms with Crippen molar-refractivity contribution in [3.8, 4) is 0 Å². The smallest absolute Gasteiger partial charge is 0.159 e. The van der Waals surface area contributed by atoms with Crippen LogP contribution >= 0.6 is 12.4 Å². The van der Waals surface area contributed by atoms with Crippen molar-refractivity contribution in [1.82, 2.24) is 0 Å². The molecule has 1 aromatic carbocycles. The van der Waals surface area contributed by atoms with Crippen molar-refractivity contribution in [2.75, 3.05) is 0 Å². The van der Waals surface area contributed by atoms with E-state index < -0.39 is 11.6 Å². The van der Waals surface area contributed by atoms with Crippen LogP contribution in [0.25, 0.3) is 0 Å². The summed E-state index contributed by atoms with van der Waals surface area (Å²) in [5.74, 6) is -1.67. The average Bonchev–Trinajstić information content (AvgIpc) is 2.07. The van der Waals surface area contributed by atoms with Crippen molar-refractivity contribution in [2.24, 2.45) is 5.73 Å². The van der Waals surface area contributed by atoms with E-state index in [0.29, 0.717) is 18.4 Å². The zero-order valence-electron chi connectivity index (χ0n) is 7.39. The maximum absolute atomic E-state index is 12.6. The topological polar surface area (TPSA) is 49.9 Å². The third-order valence-corrected chi connectivity index (χ3v) is 1.67. The molecular formula is C9H11ClF2N2. The van der Waals surface area contributed by atoms with Gasteiger partial charge in [-0.05, 0) is 24.1 Å². The van der Waals surface area contributed by atoms with Crippen molar-refractivity contribution >= 4 is 18.2 Å². The van der Waals surface area contributed by atoms with Crippen LogP contribution in [0.2, 0.25) is 0 Å². The Morgan fingerprint density at radius 1 is 1.29 bits per heavy atom. The highest BCUT2D eigenvalue weighted by molar-refractivity contribution is 5.85. The van der Waals surface area contributed by atoms with Gasteiger partial charge in [-0.3, -0.25) is 5.41 Å². The third kappa shape index (κ3) is 3.70. The highest BCUT2D eigenvalue weighted by atomic mass is 35.5. The summed E-state index contributed by atoms with van der Waals surface area (Å²) in [6.45, 7) is 0. The van der Waals surface area contributed by atoms with Crippen molar-refractivity contribution in [3.63, 3.8) is 0 Å². The van der Waals surface area contributed by atoms with Crippen molar-refractivity contribution < 1.29 is 8.78 Å². The molecule has 0 atom stereocenters. The number of hydrogen-bond acceptors (Lipinski definition) is 1. The van der Waals surface area contributed by atoms with Crippen LogP contribution in [0.3, 0.4) is 0 Å². The van der Waals surface area contributed by atoms with Crippen molar-refractivity contribution in [3.05, 3.63) is 35.4 Å². The lowest BCUT2D eigenvalue weighted by Crippen LogP contribution is -2.10. The number of hydrogen-bond donors (Lipinski definition) is 2. The fourth-order valence-electron chi connectivity index (χ4n) is 0.974. The largest absolute Gasteiger partial charge is 0.388 e. The Kier molecular flexibility index (Phi) is 5.09. The van der Waals surface area contributed by atoms with E-state index in [1.165, 1.54) is 6.07 Å². The first-order valence-electron chi connectivity index (χ1n) is 3.86. The SMILES string of the molecule is Cl.N=C(N)CCc1ccc(F)c(F)c1. The van der Waals surface area contributed by atoms with Gasteiger partial charge < -0.3 is 5.73 Å². The zero-order valence-corrected chi connectivity index (χ0v) is 8.20. The van der Waals surface area contributed by atoms with Gasteiger partial charge in [0.25, 0.3) is 0 Å². The molecule has 0 amide bonds. The van der Waals surface area contributed by atoms with Gasteiger partial charge in [-0.2, -0.15) is 0 Å². The molecule has 0 bridgehead atoms. The Hall–Kier alpha value is -1.16. The van der Waals surface area contributed by atoms with Gasteiger partial charge in [-0.25, -0.2) is 8.78 Å². The van der Waals surface area contributed by atoms with E-state index in [0.717, 1.165) is 12.1 Å². The number of nitrogens with two attached hydrogens (primary N) is 1. The highest BCUT2D eigenvalue weighted by Gasteiger charge is 2.02. The maximum atomic E-state index is 12.6. The first kappa shape index (κ1) is 12.8. The zero-order chi connectivity index (χ0) is 9.84. The van der Waals surface area contributed by atoms with Crippen LogP contribution < -0.4 is 5.73 Å². The van der Waals surface area contributed by atoms with E-state index in [2.05, 4.69) is 0 Å². The van der Waals surface area contributed by atoms with Crippen molar-refractivity contribution in [2.45, 2.75) is 12.8 Å². The molecule has 0 aliphatic rings. The van der Waals surface area contributed by atoms with E-state index in [9.17, 15) is 8.78 Å². The summed E-state index contributed by atoms with van der Waals surface area (Å²) in [6.07, 6.45) is 0.831. The van der Waals surface area contributed by atoms with Gasteiger partial charge in [-0.15, -0.1) is 12.4 Å². The molecule has 5 heteroatoms. The van der Waals surface area contributed by atoms with Gasteiger partial charge in [0, 0.05) is 6.42 Å². The second-order valence-electron chi connectivity index (χ2n) is 2.77. The minimum absolute atomic E-state index is 0. The van der Waals surface area contributed by atoms with Crippen LogP contribution in [0.1, 0.15) is 12.0 Å². The van der Waals surface area contributed by atoms with Crippen LogP contribution in [0.15, 0.2) is 18.2 Å². The second kappa shape index (κ2) is 5.54. The van der Waals surface area contributed by atoms with Crippen LogP contribution in [0.5, 0.6) is 0 Å². The monoisotopic (exact) mass is 220 g/mol. The Bertz CT molecular complexity index is 329. The molecule has 3 N–H and O–H groups in total. The van der Waals surface area contributed by atoms with Crippen LogP contribution in [-0.2, 0) is 6.42 Å². The molecule has 2 nitrogen and oxygen atoms in total. The highest BCUT2D eigenvalue weighted by Crippen LogP contribution is 2.09. The van der Waals surface area contributed by atoms with E-state index >= 15 is 0 Å². The fourth-order valence-corrected chi connectivity index (χ4v) is 0.974. The molecule has 0 heterocycles. The minimum Gasteiger partial charge on any atom is -0.388 e. The Balaban J connectivity index is 0.00000169. The number of amidine groups is 1. The van der Waals surface area contributed by atoms with Crippen LogP contribution in [0.4, 0.5) is 8.78 Å². The van der Waals surface area contributed by atoms with E-state index in [4.69, 9.17) is 11.1 Å². The first-order chi connectivity index (χ1) is 6.09. The molecule has 0 fully saturated rings. The summed E-state index contributed by atoms with van der Waals surface area (Å²) >= 11 is 0. The van der Waals surface area contributed by atoms with Gasteiger partial charge in [0.05, 0.1) is 5.84 Å². The quantitative estimate of drug-likeness (QED) is 0.596. The minimum atomic E-state index is -0.860. The summed E-state index contributed by atoms with van der Waals surface area (Å²) < 4.78 is 25.1. The van der Waals surface area contributed by atoms with Crippen LogP contribution in [0, 0.1) is 17.0 Å². The standard InChI is InChI=1S/C9H10F2N2.ClH/c10-7-3-1-6(5-8(7)11)2-4-9(12)13;/h1,3,5H,2,4H2,(H3,12,13);1H. The summed E-state index contributed by atoms with van der Waals surface area (Å²) in [5, 5.41) is 6.95. The molecule has 0 radical (unpaired) electrons. The summed E-state index contributed by atoms with van der Waals surface area (Å²) in [7, 11) is 0. The molecule has 78 valence electrons. The lowest BCUT2D eigenvalue weighted by molar-refractivity contribution is 0.507. The van der Waals surface area contributed by atoms with Crippen molar-refractivity contribution in [1.29, 1.82) is 5.41 Å².